The number of rotatable bonds is 1. The van der Waals surface area contributed by atoms with Crippen LogP contribution in [-0.4, -0.2) is 16.0 Å². The van der Waals surface area contributed by atoms with Gasteiger partial charge >= 0.3 is 79.5 Å². The molecule has 15 heavy (non-hydrogen) atoms. The summed E-state index contributed by atoms with van der Waals surface area (Å²) in [7, 11) is 0. The number of benzene rings is 1. The number of aliphatic carboxylic acids is 1. The van der Waals surface area contributed by atoms with Crippen molar-refractivity contribution in [1.82, 2.24) is 0 Å². The molecule has 6 nitrogen and oxygen atoms in total. The number of anilines is 1. The van der Waals surface area contributed by atoms with Crippen LogP contribution in [0.25, 0.3) is 0 Å². The van der Waals surface area contributed by atoms with E-state index in [1.54, 1.807) is 12.1 Å². The predicted octanol–water partition coefficient (Wildman–Crippen LogP) is 0.440. The number of nitrogen functional groups attached to an aromatic ring is 1. The van der Waals surface area contributed by atoms with E-state index < -0.39 is 10.9 Å². The number of carboxylic acid groups (broad SMARTS) is 1. The van der Waals surface area contributed by atoms with Crippen LogP contribution in [0.5, 0.6) is 0 Å². The number of hydrogen-bond acceptors (Lipinski definition) is 4. The van der Waals surface area contributed by atoms with Crippen LogP contribution in [0.2, 0.25) is 0 Å². The molecular formula is C8H9HgN2O4. The number of nitrogens with two attached hydrogens (primary N) is 1. The molecule has 0 aromatic heterocycles. The van der Waals surface area contributed by atoms with Gasteiger partial charge in [-0.3, -0.25) is 4.79 Å². The number of carbonyl (C=O) groups is 1. The number of non-ortho nitro benzene ring substituents is 1. The number of hydrogen-bond donors (Lipinski definition) is 2. The number of nitro groups is 1. The maximum absolute atomic E-state index is 10.3. The van der Waals surface area contributed by atoms with Crippen LogP contribution in [0.15, 0.2) is 18.2 Å². The first-order chi connectivity index (χ1) is 6.84. The fourth-order valence-corrected chi connectivity index (χ4v) is 1.98. The molecule has 3 N–H and O–H groups in total. The van der Waals surface area contributed by atoms with Gasteiger partial charge in [0.15, 0.2) is 0 Å². The van der Waals surface area contributed by atoms with Gasteiger partial charge in [-0.05, 0) is 0 Å². The third kappa shape index (κ3) is 6.00. The number of nitrogens with zero attached hydrogens (tertiary/aromatic N) is 1. The summed E-state index contributed by atoms with van der Waals surface area (Å²) in [6, 6.07) is 4.55. The molecule has 0 amide bonds. The van der Waals surface area contributed by atoms with Gasteiger partial charge < -0.3 is 5.11 Å². The third-order valence-electron chi connectivity index (χ3n) is 1.34. The van der Waals surface area contributed by atoms with Crippen molar-refractivity contribution in [3.05, 3.63) is 28.3 Å². The predicted molar refractivity (Wildman–Crippen MR) is 50.5 cm³/mol. The first kappa shape index (κ1) is 13.8. The van der Waals surface area contributed by atoms with E-state index >= 15 is 0 Å². The molecule has 7 heteroatoms. The van der Waals surface area contributed by atoms with Gasteiger partial charge in [0, 0.05) is 6.92 Å². The van der Waals surface area contributed by atoms with Crippen LogP contribution in [0.4, 0.5) is 11.4 Å². The second-order valence-electron chi connectivity index (χ2n) is 2.66. The van der Waals surface area contributed by atoms with Gasteiger partial charge in [0.1, 0.15) is 0 Å². The molecule has 0 saturated heterocycles. The van der Waals surface area contributed by atoms with Crippen LogP contribution in [0.1, 0.15) is 6.92 Å². The molecular weight excluding hydrogens is 389 g/mol. The molecule has 0 fully saturated rings. The summed E-state index contributed by atoms with van der Waals surface area (Å²) in [6.07, 6.45) is 0. The first-order valence-corrected chi connectivity index (χ1v) is 6.65. The zero-order chi connectivity index (χ0) is 12.0. The normalized spacial score (nSPS) is 8.73. The first-order valence-electron chi connectivity index (χ1n) is 3.90. The topological polar surface area (TPSA) is 106 Å². The average Bonchev–Trinajstić information content (AvgIpc) is 2.08. The van der Waals surface area contributed by atoms with Crippen molar-refractivity contribution in [2.45, 2.75) is 6.92 Å². The fraction of sp³-hybridized carbons (Fsp3) is 0.125. The molecule has 0 aliphatic carbocycles. The number of carboxylic acids is 1. The summed E-state index contributed by atoms with van der Waals surface area (Å²) >= 11 is 0.342. The second-order valence-corrected chi connectivity index (χ2v) is 5.62. The SMILES string of the molecule is CC(=O)O.Nc1ccc([N+](=O)[O-])c[c]1[Hg]. The van der Waals surface area contributed by atoms with Crippen molar-refractivity contribution < 1.29 is 40.9 Å². The molecule has 0 aliphatic heterocycles. The van der Waals surface area contributed by atoms with E-state index in [2.05, 4.69) is 0 Å². The monoisotopic (exact) mass is 399 g/mol. The Morgan fingerprint density at radius 2 is 2.07 bits per heavy atom. The van der Waals surface area contributed by atoms with E-state index in [9.17, 15) is 10.1 Å². The van der Waals surface area contributed by atoms with Gasteiger partial charge in [-0.25, -0.2) is 0 Å². The maximum atomic E-state index is 10.3. The minimum absolute atomic E-state index is 0.129. The van der Waals surface area contributed by atoms with Crippen molar-refractivity contribution in [1.29, 1.82) is 0 Å². The molecule has 0 atom stereocenters. The Bertz CT molecular complexity index is 377. The summed E-state index contributed by atoms with van der Waals surface area (Å²) in [5, 5.41) is 17.7. The molecule has 1 aromatic carbocycles. The van der Waals surface area contributed by atoms with Gasteiger partial charge in [-0.1, -0.05) is 0 Å². The molecule has 0 saturated carbocycles. The summed E-state index contributed by atoms with van der Waals surface area (Å²) in [5.41, 5.74) is 6.31. The second kappa shape index (κ2) is 6.34. The van der Waals surface area contributed by atoms with Gasteiger partial charge in [-0.2, -0.15) is 0 Å². The van der Waals surface area contributed by atoms with Crippen molar-refractivity contribution in [3.63, 3.8) is 0 Å². The Kier molecular flexibility index (Phi) is 5.84. The van der Waals surface area contributed by atoms with E-state index in [4.69, 9.17) is 15.6 Å². The van der Waals surface area contributed by atoms with Crippen molar-refractivity contribution >= 4 is 20.4 Å². The van der Waals surface area contributed by atoms with Crippen LogP contribution in [-0.2, 0) is 30.9 Å². The molecule has 0 spiro atoms. The van der Waals surface area contributed by atoms with Gasteiger partial charge in [-0.15, -0.1) is 0 Å². The Morgan fingerprint density at radius 1 is 1.60 bits per heavy atom. The van der Waals surface area contributed by atoms with E-state index in [0.717, 1.165) is 10.00 Å². The fourth-order valence-electron chi connectivity index (χ4n) is 0.706. The van der Waals surface area contributed by atoms with Crippen LogP contribution < -0.4 is 8.81 Å². The molecule has 0 radical (unpaired) electrons. The minimum atomic E-state index is -0.833. The standard InChI is InChI=1S/C6H5N2O2.C2H4O2.Hg/c7-5-1-3-6(4-2-5)8(9)10;1-2(3)4;/h1,3-4H,7H2;1H3,(H,3,4);. The van der Waals surface area contributed by atoms with Gasteiger partial charge in [0.05, 0.1) is 0 Å². The van der Waals surface area contributed by atoms with E-state index in [0.29, 0.717) is 31.8 Å². The molecule has 77 valence electrons. The summed E-state index contributed by atoms with van der Waals surface area (Å²) in [6.45, 7) is 1.08. The Hall–Kier alpha value is -1.17. The Labute approximate surface area is 102 Å². The van der Waals surface area contributed by atoms with Crippen molar-refractivity contribution in [2.75, 3.05) is 5.73 Å². The summed E-state index contributed by atoms with van der Waals surface area (Å²) < 4.78 is 0.930. The van der Waals surface area contributed by atoms with E-state index in [1.807, 2.05) is 0 Å². The zero-order valence-corrected chi connectivity index (χ0v) is 13.6. The zero-order valence-electron chi connectivity index (χ0n) is 8.14. The van der Waals surface area contributed by atoms with Gasteiger partial charge in [0.25, 0.3) is 5.97 Å². The quantitative estimate of drug-likeness (QED) is 0.309. The van der Waals surface area contributed by atoms with E-state index in [1.165, 1.54) is 6.07 Å². The molecule has 0 bridgehead atoms. The molecule has 1 rings (SSSR count). The van der Waals surface area contributed by atoms with Crippen LogP contribution >= 0.6 is 0 Å². The Morgan fingerprint density at radius 3 is 2.40 bits per heavy atom. The van der Waals surface area contributed by atoms with E-state index in [-0.39, 0.29) is 5.69 Å². The molecule has 1 aromatic rings. The van der Waals surface area contributed by atoms with Crippen LogP contribution in [0.3, 0.4) is 0 Å². The van der Waals surface area contributed by atoms with Gasteiger partial charge in [0.2, 0.25) is 0 Å². The number of nitro benzene ring substituents is 1. The third-order valence-corrected chi connectivity index (χ3v) is 3.72. The summed E-state index contributed by atoms with van der Waals surface area (Å²) in [5.74, 6) is -0.833. The molecule has 0 aliphatic rings. The van der Waals surface area contributed by atoms with Crippen LogP contribution in [0, 0.1) is 10.1 Å². The summed E-state index contributed by atoms with van der Waals surface area (Å²) in [4.78, 5) is 18.8. The molecule has 0 heterocycles. The van der Waals surface area contributed by atoms with Crippen molar-refractivity contribution in [3.8, 4) is 0 Å². The molecule has 0 unspecified atom stereocenters. The average molecular weight is 398 g/mol. The van der Waals surface area contributed by atoms with Crippen molar-refractivity contribution in [2.24, 2.45) is 0 Å². The Balaban J connectivity index is 0.000000423.